The zero-order valence-electron chi connectivity index (χ0n) is 11.0. The Balaban J connectivity index is 1.69. The second-order valence-corrected chi connectivity index (χ2v) is 4.79. The maximum atomic E-state index is 11.4. The number of benzene rings is 1. The summed E-state index contributed by atoms with van der Waals surface area (Å²) in [6, 6.07) is 9.18. The van der Waals surface area contributed by atoms with Crippen LogP contribution < -0.4 is 5.48 Å². The lowest BCUT2D eigenvalue weighted by molar-refractivity contribution is -0.155. The second kappa shape index (κ2) is 6.91. The molecule has 1 aromatic carbocycles. The van der Waals surface area contributed by atoms with Gasteiger partial charge >= 0.3 is 12.1 Å². The third-order valence-electron chi connectivity index (χ3n) is 3.02. The van der Waals surface area contributed by atoms with E-state index in [9.17, 15) is 9.59 Å². The lowest BCUT2D eigenvalue weighted by Crippen LogP contribution is -2.35. The van der Waals surface area contributed by atoms with Crippen LogP contribution in [0.25, 0.3) is 0 Å². The molecule has 6 nitrogen and oxygen atoms in total. The number of amides is 1. The zero-order valence-corrected chi connectivity index (χ0v) is 11.0. The van der Waals surface area contributed by atoms with E-state index in [1.54, 1.807) is 0 Å². The molecule has 0 aromatic heterocycles. The molecule has 2 N–H and O–H groups in total. The fraction of sp³-hybridized carbons (Fsp3) is 0.429. The molecule has 1 aliphatic rings. The average molecular weight is 279 g/mol. The molecule has 0 aliphatic heterocycles. The number of carbonyl (C=O) groups excluding carboxylic acids is 1. The van der Waals surface area contributed by atoms with Crippen LogP contribution in [-0.4, -0.2) is 23.3 Å². The van der Waals surface area contributed by atoms with E-state index in [1.165, 1.54) is 0 Å². The van der Waals surface area contributed by atoms with Crippen molar-refractivity contribution in [1.82, 2.24) is 5.48 Å². The Hall–Kier alpha value is -2.08. The number of hydrogen-bond donors (Lipinski definition) is 2. The molecule has 2 rings (SSSR count). The molecule has 1 saturated carbocycles. The normalized spacial score (nSPS) is 15.4. The first-order valence-electron chi connectivity index (χ1n) is 6.50. The Morgan fingerprint density at radius 2 is 2.00 bits per heavy atom. The first-order valence-corrected chi connectivity index (χ1v) is 6.50. The van der Waals surface area contributed by atoms with Crippen LogP contribution in [-0.2, 0) is 21.0 Å². The van der Waals surface area contributed by atoms with E-state index in [4.69, 9.17) is 14.7 Å². The number of carboxylic acids is 1. The Labute approximate surface area is 116 Å². The third-order valence-corrected chi connectivity index (χ3v) is 3.02. The van der Waals surface area contributed by atoms with E-state index < -0.39 is 18.2 Å². The van der Waals surface area contributed by atoms with Gasteiger partial charge in [-0.3, -0.25) is 4.84 Å². The van der Waals surface area contributed by atoms with Gasteiger partial charge < -0.3 is 9.84 Å². The van der Waals surface area contributed by atoms with E-state index >= 15 is 0 Å². The van der Waals surface area contributed by atoms with E-state index in [0.717, 1.165) is 18.4 Å². The van der Waals surface area contributed by atoms with Crippen LogP contribution in [0.15, 0.2) is 30.3 Å². The molecule has 0 bridgehead atoms. The third kappa shape index (κ3) is 4.89. The molecule has 6 heteroatoms. The number of carbonyl (C=O) groups is 2. The highest BCUT2D eigenvalue weighted by Gasteiger charge is 2.30. The first kappa shape index (κ1) is 14.3. The van der Waals surface area contributed by atoms with E-state index in [2.05, 4.69) is 0 Å². The highest BCUT2D eigenvalue weighted by Crippen LogP contribution is 2.34. The molecule has 1 amide bonds. The Bertz CT molecular complexity index is 458. The standard InChI is InChI=1S/C14H17NO5/c16-13(17)12(8-10-6-7-10)20-15-14(18)19-9-11-4-2-1-3-5-11/h1-5,10,12H,6-9H2,(H,15,18)(H,16,17)/t12-/m0/s1. The number of ether oxygens (including phenoxy) is 1. The van der Waals surface area contributed by atoms with Gasteiger partial charge in [-0.15, -0.1) is 0 Å². The lowest BCUT2D eigenvalue weighted by atomic mass is 10.2. The molecule has 0 heterocycles. The molecule has 20 heavy (non-hydrogen) atoms. The fourth-order valence-corrected chi connectivity index (χ4v) is 1.73. The summed E-state index contributed by atoms with van der Waals surface area (Å²) in [7, 11) is 0. The van der Waals surface area contributed by atoms with Crippen molar-refractivity contribution < 1.29 is 24.3 Å². The SMILES string of the molecule is O=C(NO[C@@H](CC1CC1)C(=O)O)OCc1ccccc1. The van der Waals surface area contributed by atoms with Gasteiger partial charge in [-0.1, -0.05) is 43.2 Å². The van der Waals surface area contributed by atoms with Crippen LogP contribution in [0.4, 0.5) is 4.79 Å². The summed E-state index contributed by atoms with van der Waals surface area (Å²) in [6.45, 7) is 0.108. The van der Waals surface area contributed by atoms with Crippen molar-refractivity contribution in [2.24, 2.45) is 5.92 Å². The molecule has 1 aromatic rings. The second-order valence-electron chi connectivity index (χ2n) is 4.79. The minimum atomic E-state index is -1.08. The van der Waals surface area contributed by atoms with Crippen LogP contribution in [0.1, 0.15) is 24.8 Å². The lowest BCUT2D eigenvalue weighted by Gasteiger charge is -2.13. The summed E-state index contributed by atoms with van der Waals surface area (Å²) in [5, 5.41) is 8.95. The van der Waals surface area contributed by atoms with Crippen molar-refractivity contribution in [2.75, 3.05) is 0 Å². The van der Waals surface area contributed by atoms with Gasteiger partial charge in [0.15, 0.2) is 6.10 Å². The molecule has 108 valence electrons. The van der Waals surface area contributed by atoms with Crippen molar-refractivity contribution in [3.63, 3.8) is 0 Å². The Kier molecular flexibility index (Phi) is 4.95. The molecule has 0 radical (unpaired) electrons. The minimum absolute atomic E-state index is 0.108. The maximum absolute atomic E-state index is 11.4. The summed E-state index contributed by atoms with van der Waals surface area (Å²) >= 11 is 0. The van der Waals surface area contributed by atoms with Crippen molar-refractivity contribution in [2.45, 2.75) is 32.0 Å². The summed E-state index contributed by atoms with van der Waals surface area (Å²) < 4.78 is 4.91. The number of hydroxylamine groups is 1. The summed E-state index contributed by atoms with van der Waals surface area (Å²) in [6.07, 6.45) is 0.633. The van der Waals surface area contributed by atoms with E-state index in [0.29, 0.717) is 12.3 Å². The summed E-state index contributed by atoms with van der Waals surface area (Å²) in [5.41, 5.74) is 2.87. The van der Waals surface area contributed by atoms with Crippen molar-refractivity contribution in [1.29, 1.82) is 0 Å². The van der Waals surface area contributed by atoms with Crippen LogP contribution in [0, 0.1) is 5.92 Å². The van der Waals surface area contributed by atoms with Gasteiger partial charge in [0, 0.05) is 0 Å². The molecular weight excluding hydrogens is 262 g/mol. The molecule has 1 fully saturated rings. The predicted molar refractivity (Wildman–Crippen MR) is 69.6 cm³/mol. The minimum Gasteiger partial charge on any atom is -0.479 e. The molecule has 1 aliphatic carbocycles. The van der Waals surface area contributed by atoms with Crippen molar-refractivity contribution >= 4 is 12.1 Å². The maximum Gasteiger partial charge on any atom is 0.431 e. The topological polar surface area (TPSA) is 84.9 Å². The number of rotatable bonds is 7. The van der Waals surface area contributed by atoms with Crippen molar-refractivity contribution in [3.8, 4) is 0 Å². The van der Waals surface area contributed by atoms with Gasteiger partial charge in [0.1, 0.15) is 6.61 Å². The monoisotopic (exact) mass is 279 g/mol. The van der Waals surface area contributed by atoms with Gasteiger partial charge in [-0.05, 0) is 17.9 Å². The van der Waals surface area contributed by atoms with Crippen molar-refractivity contribution in [3.05, 3.63) is 35.9 Å². The first-order chi connectivity index (χ1) is 9.65. The predicted octanol–water partition coefficient (Wildman–Crippen LogP) is 2.10. The van der Waals surface area contributed by atoms with Crippen LogP contribution in [0.2, 0.25) is 0 Å². The van der Waals surface area contributed by atoms with Gasteiger partial charge in [-0.2, -0.15) is 5.48 Å². The highest BCUT2D eigenvalue weighted by atomic mass is 16.7. The molecule has 0 unspecified atom stereocenters. The molecular formula is C14H17NO5. The van der Waals surface area contributed by atoms with E-state index in [-0.39, 0.29) is 6.61 Å². The number of carboxylic acid groups (broad SMARTS) is 1. The highest BCUT2D eigenvalue weighted by molar-refractivity contribution is 5.73. The molecule has 0 saturated heterocycles. The average Bonchev–Trinajstić information content (AvgIpc) is 3.26. The van der Waals surface area contributed by atoms with E-state index in [1.807, 2.05) is 35.8 Å². The van der Waals surface area contributed by atoms with Gasteiger partial charge in [0.25, 0.3) is 0 Å². The quantitative estimate of drug-likeness (QED) is 0.747. The summed E-state index contributed by atoms with van der Waals surface area (Å²) in [4.78, 5) is 27.2. The Morgan fingerprint density at radius 3 is 2.60 bits per heavy atom. The summed E-state index contributed by atoms with van der Waals surface area (Å²) in [5.74, 6) is -0.696. The van der Waals surface area contributed by atoms with Gasteiger partial charge in [0.05, 0.1) is 0 Å². The molecule has 1 atom stereocenters. The Morgan fingerprint density at radius 1 is 1.30 bits per heavy atom. The van der Waals surface area contributed by atoms with Gasteiger partial charge in [-0.25, -0.2) is 9.59 Å². The van der Waals surface area contributed by atoms with Gasteiger partial charge in [0.2, 0.25) is 0 Å². The zero-order chi connectivity index (χ0) is 14.4. The largest absolute Gasteiger partial charge is 0.479 e. The fourth-order valence-electron chi connectivity index (χ4n) is 1.73. The molecule has 0 spiro atoms. The van der Waals surface area contributed by atoms with Crippen LogP contribution in [0.5, 0.6) is 0 Å². The number of hydrogen-bond acceptors (Lipinski definition) is 4. The number of nitrogens with one attached hydrogen (secondary N) is 1. The van der Waals surface area contributed by atoms with Crippen LogP contribution in [0.3, 0.4) is 0 Å². The smallest absolute Gasteiger partial charge is 0.431 e. The number of aliphatic carboxylic acids is 1. The van der Waals surface area contributed by atoms with Crippen LogP contribution >= 0.6 is 0 Å².